The van der Waals surface area contributed by atoms with Crippen LogP contribution in [0.15, 0.2) is 78.9 Å². The van der Waals surface area contributed by atoms with Crippen LogP contribution >= 0.6 is 0 Å². The van der Waals surface area contributed by atoms with Crippen molar-refractivity contribution in [1.82, 2.24) is 0 Å². The Morgan fingerprint density at radius 2 is 1.42 bits per heavy atom. The third kappa shape index (κ3) is 7.38. The van der Waals surface area contributed by atoms with Crippen LogP contribution in [0.4, 0.5) is 52.7 Å². The Hall–Kier alpha value is -4.60. The van der Waals surface area contributed by atoms with E-state index in [9.17, 15) is 52.7 Å². The van der Waals surface area contributed by atoms with E-state index in [0.717, 1.165) is 0 Å². The molecule has 3 aromatic rings. The topological polar surface area (TPSA) is 9.23 Å². The molecule has 0 radical (unpaired) electrons. The smallest absolute Gasteiger partial charge is 0.429 e. The molecule has 0 amide bonds. The van der Waals surface area contributed by atoms with Crippen LogP contribution in [0.25, 0.3) is 11.1 Å². The predicted molar refractivity (Wildman–Crippen MR) is 139 cm³/mol. The first-order chi connectivity index (χ1) is 21.0. The molecule has 0 aliphatic heterocycles. The lowest BCUT2D eigenvalue weighted by Gasteiger charge is -2.26. The summed E-state index contributed by atoms with van der Waals surface area (Å²) in [6, 6.07) is 5.75. The molecule has 1 aliphatic carbocycles. The van der Waals surface area contributed by atoms with Gasteiger partial charge < -0.3 is 4.74 Å². The maximum absolute atomic E-state index is 14.9. The van der Waals surface area contributed by atoms with E-state index in [2.05, 4.69) is 23.2 Å². The monoisotopic (exact) mass is 646 g/mol. The molecule has 0 heterocycles. The summed E-state index contributed by atoms with van der Waals surface area (Å²) in [5.41, 5.74) is -3.82. The minimum absolute atomic E-state index is 0.0884. The van der Waals surface area contributed by atoms with E-state index in [0.29, 0.717) is 30.5 Å². The Morgan fingerprint density at radius 1 is 0.800 bits per heavy atom. The van der Waals surface area contributed by atoms with Crippen LogP contribution in [-0.2, 0) is 17.3 Å². The summed E-state index contributed by atoms with van der Waals surface area (Å²) in [7, 11) is 0. The highest BCUT2D eigenvalue weighted by atomic mass is 19.4. The zero-order chi connectivity index (χ0) is 33.3. The van der Waals surface area contributed by atoms with Crippen LogP contribution in [0.1, 0.15) is 28.7 Å². The average molecular weight is 646 g/mol. The Labute approximate surface area is 248 Å². The molecule has 0 spiro atoms. The number of halogens is 12. The first kappa shape index (κ1) is 33.3. The number of rotatable bonds is 7. The molecule has 2 atom stereocenters. The standard InChI is InChI=1S/C32H18F12O/c1-2-3-4-16-5-7-18(21(33)9-16)8-6-17-10-22(34)28(23(35)11-17)19-12-24(36)30(25(37)13-19)32(43,44)45-20-14-26(38)29(27(39)15-20)31(40,41)42/h2,5,7,9-15,26,29H,1,3-4H2. The van der Waals surface area contributed by atoms with Crippen molar-refractivity contribution in [2.75, 3.05) is 0 Å². The zero-order valence-electron chi connectivity index (χ0n) is 22.5. The first-order valence-electron chi connectivity index (χ1n) is 12.8. The van der Waals surface area contributed by atoms with Crippen molar-refractivity contribution in [3.05, 3.63) is 130 Å². The lowest BCUT2D eigenvalue weighted by molar-refractivity contribution is -0.226. The fourth-order valence-corrected chi connectivity index (χ4v) is 4.42. The second-order valence-electron chi connectivity index (χ2n) is 9.70. The van der Waals surface area contributed by atoms with Gasteiger partial charge in [0, 0.05) is 11.6 Å². The van der Waals surface area contributed by atoms with E-state index >= 15 is 0 Å². The van der Waals surface area contributed by atoms with Gasteiger partial charge in [-0.3, -0.25) is 0 Å². The number of hydrogen-bond donors (Lipinski definition) is 0. The fourth-order valence-electron chi connectivity index (χ4n) is 4.42. The summed E-state index contributed by atoms with van der Waals surface area (Å²) < 4.78 is 173. The van der Waals surface area contributed by atoms with Crippen molar-refractivity contribution in [3.8, 4) is 23.0 Å². The van der Waals surface area contributed by atoms with E-state index in [-0.39, 0.29) is 35.4 Å². The van der Waals surface area contributed by atoms with Gasteiger partial charge in [-0.15, -0.1) is 6.58 Å². The number of aryl methyl sites for hydroxylation is 1. The van der Waals surface area contributed by atoms with E-state index in [1.807, 2.05) is 0 Å². The Kier molecular flexibility index (Phi) is 9.46. The number of benzene rings is 3. The molecule has 0 N–H and O–H groups in total. The van der Waals surface area contributed by atoms with Crippen molar-refractivity contribution in [1.29, 1.82) is 0 Å². The highest BCUT2D eigenvalue weighted by molar-refractivity contribution is 5.67. The number of allylic oxidation sites excluding steroid dienone is 4. The van der Waals surface area contributed by atoms with E-state index in [1.165, 1.54) is 12.1 Å². The van der Waals surface area contributed by atoms with Gasteiger partial charge in [-0.2, -0.15) is 22.0 Å². The highest BCUT2D eigenvalue weighted by Gasteiger charge is 2.50. The van der Waals surface area contributed by atoms with Gasteiger partial charge in [0.2, 0.25) is 0 Å². The number of alkyl halides is 6. The molecule has 13 heteroatoms. The third-order valence-electron chi connectivity index (χ3n) is 6.49. The minimum atomic E-state index is -5.41. The summed E-state index contributed by atoms with van der Waals surface area (Å²) in [5, 5.41) is 0. The van der Waals surface area contributed by atoms with Crippen LogP contribution in [0.3, 0.4) is 0 Å². The zero-order valence-corrected chi connectivity index (χ0v) is 22.5. The minimum Gasteiger partial charge on any atom is -0.429 e. The summed E-state index contributed by atoms with van der Waals surface area (Å²) in [5.74, 6) is -10.0. The van der Waals surface area contributed by atoms with Crippen molar-refractivity contribution in [2.24, 2.45) is 5.92 Å². The summed E-state index contributed by atoms with van der Waals surface area (Å²) >= 11 is 0. The molecule has 0 bridgehead atoms. The molecular weight excluding hydrogens is 628 g/mol. The Balaban J connectivity index is 1.60. The van der Waals surface area contributed by atoms with Gasteiger partial charge in [0.05, 0.1) is 11.1 Å². The second kappa shape index (κ2) is 12.8. The fraction of sp³-hybridized carbons (Fsp3) is 0.188. The maximum atomic E-state index is 14.9. The average Bonchev–Trinajstić information content (AvgIpc) is 2.89. The third-order valence-corrected chi connectivity index (χ3v) is 6.49. The quantitative estimate of drug-likeness (QED) is 0.141. The SMILES string of the molecule is C=CCCc1ccc(C#Cc2cc(F)c(-c3cc(F)c(C(F)(F)OC4=CC(F)C(C(F)(F)F)C(F)=C4)c(F)c3)c(F)c2)c(F)c1. The molecular formula is C32H18F12O. The summed E-state index contributed by atoms with van der Waals surface area (Å²) in [4.78, 5) is 0. The lowest BCUT2D eigenvalue weighted by atomic mass is 9.96. The molecule has 1 aliphatic rings. The van der Waals surface area contributed by atoms with Crippen LogP contribution in [0.5, 0.6) is 0 Å². The summed E-state index contributed by atoms with van der Waals surface area (Å²) in [6.07, 6.45) is -11.2. The van der Waals surface area contributed by atoms with Gasteiger partial charge >= 0.3 is 12.3 Å². The van der Waals surface area contributed by atoms with Crippen molar-refractivity contribution < 1.29 is 57.4 Å². The van der Waals surface area contributed by atoms with Gasteiger partial charge in [0.25, 0.3) is 0 Å². The predicted octanol–water partition coefficient (Wildman–Crippen LogP) is 9.90. The van der Waals surface area contributed by atoms with Gasteiger partial charge in [0.1, 0.15) is 58.3 Å². The van der Waals surface area contributed by atoms with Crippen LogP contribution in [-0.4, -0.2) is 12.3 Å². The molecule has 0 saturated heterocycles. The van der Waals surface area contributed by atoms with Crippen molar-refractivity contribution in [3.63, 3.8) is 0 Å². The summed E-state index contributed by atoms with van der Waals surface area (Å²) in [6.45, 7) is 3.57. The van der Waals surface area contributed by atoms with Crippen LogP contribution < -0.4 is 0 Å². The van der Waals surface area contributed by atoms with Gasteiger partial charge in [0.15, 0.2) is 0 Å². The van der Waals surface area contributed by atoms with Gasteiger partial charge in [-0.05, 0) is 66.4 Å². The van der Waals surface area contributed by atoms with Crippen molar-refractivity contribution >= 4 is 0 Å². The molecule has 0 fully saturated rings. The first-order valence-corrected chi connectivity index (χ1v) is 12.8. The molecule has 2 unspecified atom stereocenters. The Bertz CT molecular complexity index is 1710. The molecule has 0 aromatic heterocycles. The number of ether oxygens (including phenoxy) is 1. The van der Waals surface area contributed by atoms with E-state index < -0.39 is 81.7 Å². The molecule has 236 valence electrons. The van der Waals surface area contributed by atoms with Crippen molar-refractivity contribution in [2.45, 2.75) is 31.3 Å². The Morgan fingerprint density at radius 3 is 1.96 bits per heavy atom. The van der Waals surface area contributed by atoms with E-state index in [4.69, 9.17) is 0 Å². The second-order valence-corrected chi connectivity index (χ2v) is 9.70. The normalized spacial score (nSPS) is 16.8. The van der Waals surface area contributed by atoms with Gasteiger partial charge in [-0.25, -0.2) is 30.7 Å². The molecule has 4 rings (SSSR count). The largest absolute Gasteiger partial charge is 0.432 e. The number of hydrogen-bond acceptors (Lipinski definition) is 1. The lowest BCUT2D eigenvalue weighted by Crippen LogP contribution is -2.34. The molecule has 45 heavy (non-hydrogen) atoms. The molecule has 3 aromatic carbocycles. The van der Waals surface area contributed by atoms with Crippen LogP contribution in [0.2, 0.25) is 0 Å². The van der Waals surface area contributed by atoms with Crippen LogP contribution in [0, 0.1) is 46.8 Å². The highest BCUT2D eigenvalue weighted by Crippen LogP contribution is 2.43. The van der Waals surface area contributed by atoms with Gasteiger partial charge in [-0.1, -0.05) is 24.0 Å². The van der Waals surface area contributed by atoms with E-state index in [1.54, 1.807) is 12.1 Å². The molecule has 1 nitrogen and oxygen atoms in total. The molecule has 0 saturated carbocycles. The maximum Gasteiger partial charge on any atom is 0.432 e.